The predicted octanol–water partition coefficient (Wildman–Crippen LogP) is -9.42. The van der Waals surface area contributed by atoms with E-state index in [4.69, 9.17) is 21.7 Å². The predicted molar refractivity (Wildman–Crippen MR) is 236 cm³/mol. The lowest BCUT2D eigenvalue weighted by atomic mass is 10.0. The van der Waals surface area contributed by atoms with Crippen LogP contribution >= 0.6 is 0 Å². The van der Waals surface area contributed by atoms with Crippen LogP contribution in [-0.2, 0) is 52.7 Å². The first-order valence-electron chi connectivity index (χ1n) is 22.0. The van der Waals surface area contributed by atoms with Crippen molar-refractivity contribution in [2.24, 2.45) is 23.3 Å². The first-order chi connectivity index (χ1) is 32.4. The molecular weight excluding hydrogens is 922 g/mol. The summed E-state index contributed by atoms with van der Waals surface area (Å²) in [6, 6.07) is -16.0. The number of amides is 10. The van der Waals surface area contributed by atoms with Gasteiger partial charge in [0.2, 0.25) is 59.1 Å². The first-order valence-corrected chi connectivity index (χ1v) is 22.0. The number of carboxylic acids is 1. The Bertz CT molecular complexity index is 1810. The standard InChI is InChI=1S/C40H69N11O18/c1-18(2)10-20(41)31(59)49-27(16-56)39(67)51-9-5-6-29(51)38(66)43-21(7-8-30(42)58)32(60)45-24(13-53)35(63)47-23(12-52)34(62)44-22(11-19(3)4)33(61)46-25(14-54)36(64)48-26(15-55)37(65)50-28(17-57)40(68)69/h18-29,52-57H,5-17,41H2,1-4H3,(H2,42,58)(H,43,66)(H,44,62)(H,45,60)(H,46,61)(H,47,63)(H,48,64)(H,49,59)(H,50,65)(H,68,69)/t20-,21-,22-,23-,24-,25-,26-,27-,28-,29-/m0/s1. The maximum absolute atomic E-state index is 13.6. The molecule has 29 heteroatoms. The summed E-state index contributed by atoms with van der Waals surface area (Å²) < 4.78 is 0. The number of carbonyl (C=O) groups excluding carboxylic acids is 10. The van der Waals surface area contributed by atoms with Crippen LogP contribution in [0.15, 0.2) is 0 Å². The Hall–Kier alpha value is -6.11. The van der Waals surface area contributed by atoms with Crippen molar-refractivity contribution in [3.05, 3.63) is 0 Å². The number of aliphatic hydroxyl groups is 6. The summed E-state index contributed by atoms with van der Waals surface area (Å²) in [4.78, 5) is 143. The van der Waals surface area contributed by atoms with Gasteiger partial charge in [0.05, 0.1) is 45.7 Å². The van der Waals surface area contributed by atoms with Gasteiger partial charge in [0.25, 0.3) is 0 Å². The summed E-state index contributed by atoms with van der Waals surface area (Å²) in [7, 11) is 0. The van der Waals surface area contributed by atoms with Crippen LogP contribution in [0.4, 0.5) is 0 Å². The second kappa shape index (κ2) is 30.4. The average molecular weight is 992 g/mol. The zero-order valence-electron chi connectivity index (χ0n) is 38.8. The number of aliphatic carboxylic acids is 1. The maximum Gasteiger partial charge on any atom is 0.328 e. The van der Waals surface area contributed by atoms with Crippen LogP contribution in [0.1, 0.15) is 66.2 Å². The Balaban J connectivity index is 3.14. The van der Waals surface area contributed by atoms with Gasteiger partial charge in [0.1, 0.15) is 54.4 Å². The summed E-state index contributed by atoms with van der Waals surface area (Å²) >= 11 is 0. The number of nitrogens with one attached hydrogen (secondary N) is 8. The van der Waals surface area contributed by atoms with E-state index in [-0.39, 0.29) is 37.6 Å². The molecule has 0 unspecified atom stereocenters. The number of carbonyl (C=O) groups is 11. The van der Waals surface area contributed by atoms with Crippen molar-refractivity contribution in [3.63, 3.8) is 0 Å². The van der Waals surface area contributed by atoms with Gasteiger partial charge in [-0.2, -0.15) is 0 Å². The second-order valence-electron chi connectivity index (χ2n) is 17.0. The Morgan fingerprint density at radius 1 is 0.507 bits per heavy atom. The topological polar surface area (TPSA) is 481 Å². The lowest BCUT2D eigenvalue weighted by Gasteiger charge is -2.30. The molecule has 1 aliphatic rings. The first kappa shape index (κ1) is 60.9. The van der Waals surface area contributed by atoms with E-state index in [0.29, 0.717) is 6.42 Å². The minimum Gasteiger partial charge on any atom is -0.480 e. The molecule has 1 saturated heterocycles. The lowest BCUT2D eigenvalue weighted by Crippen LogP contribution is -2.62. The zero-order chi connectivity index (χ0) is 52.7. The van der Waals surface area contributed by atoms with Crippen LogP contribution in [0.3, 0.4) is 0 Å². The molecule has 1 fully saturated rings. The SMILES string of the molecule is CC(C)C[C@H](NC(=O)[C@H](CO)NC(=O)[C@H](CO)NC(=O)[C@H](CCC(N)=O)NC(=O)[C@@H]1CCCN1C(=O)[C@H](CO)NC(=O)[C@@H](N)CC(C)C)C(=O)N[C@@H](CO)C(=O)N[C@@H](CO)C(=O)N[C@@H](CO)C(=O)O. The number of primary amides is 1. The minimum absolute atomic E-state index is 0.0224. The fraction of sp³-hybridized carbons (Fsp3) is 0.725. The number of rotatable bonds is 31. The highest BCUT2D eigenvalue weighted by Crippen LogP contribution is 2.19. The van der Waals surface area contributed by atoms with Crippen molar-refractivity contribution < 1.29 is 88.5 Å². The van der Waals surface area contributed by atoms with Crippen LogP contribution in [0, 0.1) is 11.8 Å². The molecule has 29 nitrogen and oxygen atoms in total. The molecule has 0 aromatic rings. The molecule has 0 radical (unpaired) electrons. The molecule has 0 saturated carbocycles. The van der Waals surface area contributed by atoms with Crippen molar-refractivity contribution >= 4 is 65.0 Å². The van der Waals surface area contributed by atoms with Crippen LogP contribution in [0.25, 0.3) is 0 Å². The molecule has 0 spiro atoms. The summed E-state index contributed by atoms with van der Waals surface area (Å²) in [5.41, 5.74) is 11.2. The van der Waals surface area contributed by atoms with E-state index >= 15 is 0 Å². The average Bonchev–Trinajstić information content (AvgIpc) is 3.79. The van der Waals surface area contributed by atoms with Crippen molar-refractivity contribution in [2.45, 2.75) is 127 Å². The van der Waals surface area contributed by atoms with Crippen LogP contribution in [0.5, 0.6) is 0 Å². The van der Waals surface area contributed by atoms with Gasteiger partial charge < -0.3 is 94.6 Å². The molecule has 10 atom stereocenters. The van der Waals surface area contributed by atoms with Crippen LogP contribution in [0.2, 0.25) is 0 Å². The third kappa shape index (κ3) is 20.2. The maximum atomic E-state index is 13.6. The van der Waals surface area contributed by atoms with Crippen molar-refractivity contribution in [3.8, 4) is 0 Å². The lowest BCUT2D eigenvalue weighted by molar-refractivity contribution is -0.143. The quantitative estimate of drug-likeness (QED) is 0.0307. The van der Waals surface area contributed by atoms with Gasteiger partial charge in [-0.25, -0.2) is 4.79 Å². The van der Waals surface area contributed by atoms with Gasteiger partial charge in [0, 0.05) is 13.0 Å². The monoisotopic (exact) mass is 991 g/mol. The van der Waals surface area contributed by atoms with Gasteiger partial charge in [-0.3, -0.25) is 47.9 Å². The largest absolute Gasteiger partial charge is 0.480 e. The summed E-state index contributed by atoms with van der Waals surface area (Å²) in [5.74, 6) is -12.4. The number of hydrogen-bond acceptors (Lipinski definition) is 18. The van der Waals surface area contributed by atoms with E-state index in [1.54, 1.807) is 13.8 Å². The molecule has 0 aromatic carbocycles. The van der Waals surface area contributed by atoms with Crippen molar-refractivity contribution in [1.29, 1.82) is 0 Å². The fourth-order valence-corrected chi connectivity index (χ4v) is 6.70. The minimum atomic E-state index is -1.88. The fourth-order valence-electron chi connectivity index (χ4n) is 6.70. The third-order valence-corrected chi connectivity index (χ3v) is 10.4. The van der Waals surface area contributed by atoms with E-state index in [1.165, 1.54) is 0 Å². The molecule has 0 aliphatic carbocycles. The van der Waals surface area contributed by atoms with E-state index in [1.807, 2.05) is 24.5 Å². The molecule has 69 heavy (non-hydrogen) atoms. The van der Waals surface area contributed by atoms with Gasteiger partial charge in [-0.1, -0.05) is 27.7 Å². The highest BCUT2D eigenvalue weighted by atomic mass is 16.4. The van der Waals surface area contributed by atoms with Crippen LogP contribution < -0.4 is 54.0 Å². The molecule has 1 aliphatic heterocycles. The number of nitrogens with zero attached hydrogens (tertiary/aromatic N) is 1. The Morgan fingerprint density at radius 3 is 1.25 bits per heavy atom. The Kier molecular flexibility index (Phi) is 26.8. The molecule has 10 amide bonds. The molecule has 19 N–H and O–H groups in total. The van der Waals surface area contributed by atoms with Gasteiger partial charge >= 0.3 is 5.97 Å². The number of hydrogen-bond donors (Lipinski definition) is 17. The van der Waals surface area contributed by atoms with Crippen LogP contribution in [-0.4, -0.2) is 212 Å². The van der Waals surface area contributed by atoms with Crippen molar-refractivity contribution in [1.82, 2.24) is 47.4 Å². The number of likely N-dealkylation sites (tertiary alicyclic amines) is 1. The smallest absolute Gasteiger partial charge is 0.328 e. The van der Waals surface area contributed by atoms with E-state index in [9.17, 15) is 78.3 Å². The van der Waals surface area contributed by atoms with Crippen molar-refractivity contribution in [2.75, 3.05) is 46.2 Å². The third-order valence-electron chi connectivity index (χ3n) is 10.4. The van der Waals surface area contributed by atoms with Gasteiger partial charge in [-0.05, 0) is 43.9 Å². The van der Waals surface area contributed by atoms with E-state index < -0.39 is 178 Å². The Morgan fingerprint density at radius 2 is 0.870 bits per heavy atom. The normalized spacial score (nSPS) is 17.3. The molecular formula is C40H69N11O18. The Labute approximate surface area is 396 Å². The van der Waals surface area contributed by atoms with Gasteiger partial charge in [-0.15, -0.1) is 0 Å². The number of aliphatic hydroxyl groups excluding tert-OH is 6. The molecule has 0 aromatic heterocycles. The summed E-state index contributed by atoms with van der Waals surface area (Å²) in [6.07, 6.45) is -0.388. The highest BCUT2D eigenvalue weighted by molar-refractivity contribution is 5.99. The highest BCUT2D eigenvalue weighted by Gasteiger charge is 2.40. The molecule has 0 bridgehead atoms. The summed E-state index contributed by atoms with van der Waals surface area (Å²) in [6.45, 7) is 0.660. The molecule has 392 valence electrons. The molecule has 1 heterocycles. The summed E-state index contributed by atoms with van der Waals surface area (Å²) in [5, 5.41) is 85.2. The molecule has 1 rings (SSSR count). The van der Waals surface area contributed by atoms with E-state index in [0.717, 1.165) is 4.90 Å². The van der Waals surface area contributed by atoms with E-state index in [2.05, 4.69) is 31.9 Å². The number of carboxylic acid groups (broad SMARTS) is 1. The zero-order valence-corrected chi connectivity index (χ0v) is 38.8. The van der Waals surface area contributed by atoms with Gasteiger partial charge in [0.15, 0.2) is 0 Å². The second-order valence-corrected chi connectivity index (χ2v) is 17.0. The number of nitrogens with two attached hydrogens (primary N) is 2.